The topological polar surface area (TPSA) is 98.7 Å². The monoisotopic (exact) mass is 559 g/mol. The van der Waals surface area contributed by atoms with Crippen molar-refractivity contribution in [2.45, 2.75) is 78.2 Å². The molecule has 0 saturated carbocycles. The summed E-state index contributed by atoms with van der Waals surface area (Å²) in [6, 6.07) is 14.3. The van der Waals surface area contributed by atoms with E-state index in [-0.39, 0.29) is 17.7 Å². The number of amides is 3. The van der Waals surface area contributed by atoms with Gasteiger partial charge in [0.1, 0.15) is 6.04 Å². The lowest BCUT2D eigenvalue weighted by atomic mass is 9.81. The number of hydrogen-bond donors (Lipinski definition) is 3. The third-order valence-corrected chi connectivity index (χ3v) is 8.37. The first kappa shape index (κ1) is 30.5. The van der Waals surface area contributed by atoms with Crippen molar-refractivity contribution in [1.82, 2.24) is 15.7 Å². The first-order valence-corrected chi connectivity index (χ1v) is 15.2. The molecule has 0 radical (unpaired) electrons. The Morgan fingerprint density at radius 2 is 1.83 bits per heavy atom. The second kappa shape index (κ2) is 14.4. The molecule has 2 unspecified atom stereocenters. The quantitative estimate of drug-likeness (QED) is 0.231. The van der Waals surface area contributed by atoms with Gasteiger partial charge in [-0.05, 0) is 84.4 Å². The van der Waals surface area contributed by atoms with Gasteiger partial charge in [-0.1, -0.05) is 75.7 Å². The van der Waals surface area contributed by atoms with Gasteiger partial charge in [-0.25, -0.2) is 5.48 Å². The molecule has 1 heterocycles. The molecule has 2 aliphatic rings. The summed E-state index contributed by atoms with van der Waals surface area (Å²) in [5, 5.41) is 14.8. The molecule has 0 aromatic heterocycles. The fraction of sp³-hybridized carbons (Fsp3) is 0.500. The predicted octanol–water partition coefficient (Wildman–Crippen LogP) is 6.02. The van der Waals surface area contributed by atoms with Crippen LogP contribution in [0.25, 0.3) is 16.3 Å². The van der Waals surface area contributed by atoms with E-state index in [4.69, 9.17) is 0 Å². The number of benzene rings is 2. The van der Waals surface area contributed by atoms with E-state index < -0.39 is 23.8 Å². The molecule has 7 heteroatoms. The van der Waals surface area contributed by atoms with E-state index in [2.05, 4.69) is 59.9 Å². The first-order valence-electron chi connectivity index (χ1n) is 15.2. The normalized spacial score (nSPS) is 19.3. The standard InChI is InChI=1S/C34H45N3O4/c1-4-10-29(33(39)36-41)30(19-23(2)3)32(38)35-31-15-7-8-18-37(34(31)40)22-24-11-9-14-26(20-24)28-17-16-25-12-5-6-13-27(25)21-28/h5-6,11-13,16-17,20-21,23,29-31,41H,4,7-10,14-15,18-19,22H2,1-3H3,(H,35,38)(H,36,39)/t29?,30?,31-/m0/s1. The highest BCUT2D eigenvalue weighted by Crippen LogP contribution is 2.30. The molecule has 2 aromatic rings. The van der Waals surface area contributed by atoms with Crippen LogP contribution in [0.1, 0.15) is 77.7 Å². The van der Waals surface area contributed by atoms with Crippen molar-refractivity contribution in [2.24, 2.45) is 17.8 Å². The largest absolute Gasteiger partial charge is 0.344 e. The molecule has 4 rings (SSSR count). The first-order chi connectivity index (χ1) is 19.8. The molecule has 1 fully saturated rings. The van der Waals surface area contributed by atoms with Gasteiger partial charge in [0.25, 0.3) is 0 Å². The summed E-state index contributed by atoms with van der Waals surface area (Å²) < 4.78 is 0. The van der Waals surface area contributed by atoms with Crippen molar-refractivity contribution in [3.05, 3.63) is 65.8 Å². The lowest BCUT2D eigenvalue weighted by Crippen LogP contribution is -2.51. The summed E-state index contributed by atoms with van der Waals surface area (Å²) in [7, 11) is 0. The molecule has 3 N–H and O–H groups in total. The number of hydrogen-bond acceptors (Lipinski definition) is 4. The Morgan fingerprint density at radius 1 is 1.05 bits per heavy atom. The van der Waals surface area contributed by atoms with Gasteiger partial charge < -0.3 is 10.2 Å². The third-order valence-electron chi connectivity index (χ3n) is 8.37. The summed E-state index contributed by atoms with van der Waals surface area (Å²) in [6.45, 7) is 7.15. The van der Waals surface area contributed by atoms with Crippen molar-refractivity contribution < 1.29 is 19.6 Å². The average Bonchev–Trinajstić information content (AvgIpc) is 3.14. The van der Waals surface area contributed by atoms with Crippen molar-refractivity contribution in [3.8, 4) is 0 Å². The van der Waals surface area contributed by atoms with E-state index in [0.29, 0.717) is 38.8 Å². The summed E-state index contributed by atoms with van der Waals surface area (Å²) in [4.78, 5) is 41.7. The minimum absolute atomic E-state index is 0.0649. The van der Waals surface area contributed by atoms with Gasteiger partial charge in [-0.15, -0.1) is 0 Å². The minimum Gasteiger partial charge on any atom is -0.344 e. The summed E-state index contributed by atoms with van der Waals surface area (Å²) in [5.74, 6) is -1.96. The number of carbonyl (C=O) groups excluding carboxylic acids is 3. The van der Waals surface area contributed by atoms with Gasteiger partial charge in [0.15, 0.2) is 0 Å². The van der Waals surface area contributed by atoms with Crippen LogP contribution in [0.5, 0.6) is 0 Å². The number of carbonyl (C=O) groups is 3. The SMILES string of the molecule is CCCC(C(=O)NO)C(CC(C)C)C(=O)N[C@H]1CCCCN(CC2=CCCC(c3ccc4ccccc4c3)=C2)C1=O. The molecular weight excluding hydrogens is 514 g/mol. The summed E-state index contributed by atoms with van der Waals surface area (Å²) in [6.07, 6.45) is 10.3. The lowest BCUT2D eigenvalue weighted by Gasteiger charge is -2.30. The maximum absolute atomic E-state index is 13.7. The maximum Gasteiger partial charge on any atom is 0.247 e. The van der Waals surface area contributed by atoms with E-state index >= 15 is 0 Å². The zero-order valence-corrected chi connectivity index (χ0v) is 24.7. The van der Waals surface area contributed by atoms with Gasteiger partial charge in [0, 0.05) is 19.0 Å². The number of nitrogens with zero attached hydrogens (tertiary/aromatic N) is 1. The molecule has 0 bridgehead atoms. The van der Waals surface area contributed by atoms with Gasteiger partial charge in [-0.3, -0.25) is 19.6 Å². The number of hydroxylamine groups is 1. The van der Waals surface area contributed by atoms with Crippen LogP contribution in [0.3, 0.4) is 0 Å². The van der Waals surface area contributed by atoms with Crippen LogP contribution in [-0.4, -0.2) is 47.0 Å². The fourth-order valence-corrected chi connectivity index (χ4v) is 6.26. The van der Waals surface area contributed by atoms with Gasteiger partial charge in [-0.2, -0.15) is 0 Å². The molecule has 1 saturated heterocycles. The zero-order chi connectivity index (χ0) is 29.4. The third kappa shape index (κ3) is 7.85. The number of fused-ring (bicyclic) bond motifs is 1. The van der Waals surface area contributed by atoms with E-state index in [1.54, 1.807) is 5.48 Å². The average molecular weight is 560 g/mol. The van der Waals surface area contributed by atoms with E-state index in [9.17, 15) is 19.6 Å². The number of nitrogens with one attached hydrogen (secondary N) is 2. The summed E-state index contributed by atoms with van der Waals surface area (Å²) >= 11 is 0. The Hall–Kier alpha value is -3.45. The van der Waals surface area contributed by atoms with Gasteiger partial charge in [0.2, 0.25) is 17.7 Å². The highest BCUT2D eigenvalue weighted by Gasteiger charge is 2.36. The molecule has 2 aromatic carbocycles. The highest BCUT2D eigenvalue weighted by atomic mass is 16.5. The second-order valence-electron chi connectivity index (χ2n) is 12.0. The maximum atomic E-state index is 13.7. The highest BCUT2D eigenvalue weighted by molar-refractivity contribution is 5.92. The van der Waals surface area contributed by atoms with Crippen LogP contribution in [-0.2, 0) is 14.4 Å². The molecule has 3 amide bonds. The summed E-state index contributed by atoms with van der Waals surface area (Å²) in [5.41, 5.74) is 5.37. The van der Waals surface area contributed by atoms with Crippen LogP contribution < -0.4 is 10.8 Å². The van der Waals surface area contributed by atoms with Crippen LogP contribution >= 0.6 is 0 Å². The molecule has 1 aliphatic carbocycles. The van der Waals surface area contributed by atoms with Crippen molar-refractivity contribution >= 4 is 34.1 Å². The number of rotatable bonds is 11. The Kier molecular flexibility index (Phi) is 10.7. The Morgan fingerprint density at radius 3 is 2.56 bits per heavy atom. The molecule has 3 atom stereocenters. The number of likely N-dealkylation sites (tertiary alicyclic amines) is 1. The van der Waals surface area contributed by atoms with Gasteiger partial charge in [0.05, 0.1) is 5.92 Å². The lowest BCUT2D eigenvalue weighted by molar-refractivity contribution is -0.142. The number of allylic oxidation sites excluding steroid dienone is 2. The fourth-order valence-electron chi connectivity index (χ4n) is 6.26. The Labute approximate surface area is 244 Å². The molecule has 0 spiro atoms. The molecular formula is C34H45N3O4. The van der Waals surface area contributed by atoms with Crippen LogP contribution in [0, 0.1) is 17.8 Å². The van der Waals surface area contributed by atoms with E-state index in [1.165, 1.54) is 21.9 Å². The minimum atomic E-state index is -0.643. The van der Waals surface area contributed by atoms with Crippen LogP contribution in [0.15, 0.2) is 60.2 Å². The predicted molar refractivity (Wildman–Crippen MR) is 163 cm³/mol. The Bertz CT molecular complexity index is 1300. The van der Waals surface area contributed by atoms with Crippen molar-refractivity contribution in [2.75, 3.05) is 13.1 Å². The molecule has 220 valence electrons. The van der Waals surface area contributed by atoms with Crippen LogP contribution in [0.4, 0.5) is 0 Å². The molecule has 41 heavy (non-hydrogen) atoms. The van der Waals surface area contributed by atoms with Gasteiger partial charge >= 0.3 is 0 Å². The second-order valence-corrected chi connectivity index (χ2v) is 12.0. The van der Waals surface area contributed by atoms with Crippen LogP contribution in [0.2, 0.25) is 0 Å². The smallest absolute Gasteiger partial charge is 0.247 e. The Balaban J connectivity index is 1.47. The zero-order valence-electron chi connectivity index (χ0n) is 24.7. The van der Waals surface area contributed by atoms with Crippen molar-refractivity contribution in [3.63, 3.8) is 0 Å². The van der Waals surface area contributed by atoms with E-state index in [1.807, 2.05) is 25.7 Å². The molecule has 7 nitrogen and oxygen atoms in total. The van der Waals surface area contributed by atoms with E-state index in [0.717, 1.165) is 31.3 Å². The molecule has 1 aliphatic heterocycles. The van der Waals surface area contributed by atoms with Crippen molar-refractivity contribution in [1.29, 1.82) is 0 Å².